The summed E-state index contributed by atoms with van der Waals surface area (Å²) in [5.41, 5.74) is 4.45. The summed E-state index contributed by atoms with van der Waals surface area (Å²) in [4.78, 5) is 17.6. The van der Waals surface area contributed by atoms with Gasteiger partial charge in [-0.1, -0.05) is 42.5 Å². The lowest BCUT2D eigenvalue weighted by Gasteiger charge is -2.11. The summed E-state index contributed by atoms with van der Waals surface area (Å²) in [6.07, 6.45) is 3.33. The molecule has 0 aliphatic heterocycles. The third-order valence-corrected chi connectivity index (χ3v) is 6.48. The van der Waals surface area contributed by atoms with Crippen LogP contribution in [0.4, 0.5) is 5.69 Å². The standard InChI is InChI=1S/C29H15N7/c1-31-19-14-23-21-8-3-5-10-25(21)36(29(23)33-16-19)28-12-6-11-27(34-28)35-24-9-4-2-7-20(24)22-13-18(15-30)32-17-26(22)35/h2-14,16-17H. The number of hydrogen-bond donors (Lipinski definition) is 0. The van der Waals surface area contributed by atoms with Crippen LogP contribution in [-0.4, -0.2) is 24.1 Å². The number of nitriles is 1. The Bertz CT molecular complexity index is 1940. The Morgan fingerprint density at radius 1 is 0.694 bits per heavy atom. The maximum absolute atomic E-state index is 9.38. The van der Waals surface area contributed by atoms with E-state index in [1.165, 1.54) is 0 Å². The number of pyridine rings is 3. The molecule has 0 unspecified atom stereocenters. The molecule has 5 heterocycles. The van der Waals surface area contributed by atoms with E-state index in [9.17, 15) is 5.26 Å². The molecule has 0 saturated heterocycles. The van der Waals surface area contributed by atoms with Crippen molar-refractivity contribution in [3.8, 4) is 17.7 Å². The fourth-order valence-electron chi connectivity index (χ4n) is 4.96. The van der Waals surface area contributed by atoms with E-state index in [0.717, 1.165) is 49.6 Å². The van der Waals surface area contributed by atoms with E-state index in [-0.39, 0.29) is 0 Å². The van der Waals surface area contributed by atoms with Gasteiger partial charge in [-0.2, -0.15) is 5.26 Å². The summed E-state index contributed by atoms with van der Waals surface area (Å²) >= 11 is 0. The van der Waals surface area contributed by atoms with Gasteiger partial charge in [-0.25, -0.2) is 19.8 Å². The van der Waals surface area contributed by atoms with Crippen molar-refractivity contribution in [3.63, 3.8) is 0 Å². The van der Waals surface area contributed by atoms with Crippen molar-refractivity contribution < 1.29 is 0 Å². The Labute approximate surface area is 204 Å². The van der Waals surface area contributed by atoms with Gasteiger partial charge in [0.2, 0.25) is 5.69 Å². The minimum Gasteiger partial charge on any atom is -0.292 e. The molecule has 0 atom stereocenters. The minimum atomic E-state index is 0.377. The zero-order valence-corrected chi connectivity index (χ0v) is 18.8. The molecule has 0 aliphatic rings. The van der Waals surface area contributed by atoms with E-state index in [1.807, 2.05) is 83.4 Å². The summed E-state index contributed by atoms with van der Waals surface area (Å²) in [5.74, 6) is 1.45. The van der Waals surface area contributed by atoms with Gasteiger partial charge >= 0.3 is 0 Å². The third kappa shape index (κ3) is 2.74. The van der Waals surface area contributed by atoms with Crippen molar-refractivity contribution in [2.75, 3.05) is 0 Å². The fourth-order valence-corrected chi connectivity index (χ4v) is 4.96. The molecule has 0 fully saturated rings. The van der Waals surface area contributed by atoms with Crippen LogP contribution >= 0.6 is 0 Å². The van der Waals surface area contributed by atoms with E-state index in [0.29, 0.717) is 17.2 Å². The van der Waals surface area contributed by atoms with E-state index in [2.05, 4.69) is 25.4 Å². The lowest BCUT2D eigenvalue weighted by Crippen LogP contribution is -2.03. The second-order valence-electron chi connectivity index (χ2n) is 8.43. The number of nitrogens with zero attached hydrogens (tertiary/aromatic N) is 7. The van der Waals surface area contributed by atoms with Crippen molar-refractivity contribution in [2.24, 2.45) is 0 Å². The van der Waals surface area contributed by atoms with Crippen LogP contribution in [-0.2, 0) is 0 Å². The molecule has 7 rings (SSSR count). The van der Waals surface area contributed by atoms with Gasteiger partial charge in [-0.05, 0) is 36.4 Å². The smallest absolute Gasteiger partial charge is 0.205 e. The summed E-state index contributed by atoms with van der Waals surface area (Å²) < 4.78 is 4.10. The van der Waals surface area contributed by atoms with Crippen LogP contribution in [0.25, 0.3) is 60.2 Å². The van der Waals surface area contributed by atoms with Gasteiger partial charge in [0.05, 0.1) is 29.3 Å². The highest BCUT2D eigenvalue weighted by molar-refractivity contribution is 6.10. The Morgan fingerprint density at radius 3 is 2.14 bits per heavy atom. The van der Waals surface area contributed by atoms with Crippen LogP contribution in [0.1, 0.15) is 5.69 Å². The summed E-state index contributed by atoms with van der Waals surface area (Å²) in [6.45, 7) is 7.40. The summed E-state index contributed by atoms with van der Waals surface area (Å²) in [7, 11) is 0. The third-order valence-electron chi connectivity index (χ3n) is 6.48. The van der Waals surface area contributed by atoms with Gasteiger partial charge in [-0.3, -0.25) is 9.13 Å². The summed E-state index contributed by atoms with van der Waals surface area (Å²) in [5, 5.41) is 13.3. The van der Waals surface area contributed by atoms with E-state index < -0.39 is 0 Å². The fraction of sp³-hybridized carbons (Fsp3) is 0. The van der Waals surface area contributed by atoms with Gasteiger partial charge in [0.25, 0.3) is 0 Å². The van der Waals surface area contributed by atoms with Gasteiger partial charge in [0, 0.05) is 27.7 Å². The van der Waals surface area contributed by atoms with Gasteiger partial charge in [-0.15, -0.1) is 0 Å². The van der Waals surface area contributed by atoms with Crippen molar-refractivity contribution in [1.82, 2.24) is 24.1 Å². The van der Waals surface area contributed by atoms with E-state index in [1.54, 1.807) is 12.4 Å². The Kier molecular flexibility index (Phi) is 4.14. The molecule has 2 aromatic carbocycles. The zero-order valence-electron chi connectivity index (χ0n) is 18.8. The predicted octanol–water partition coefficient (Wildman–Crippen LogP) is 6.49. The Hall–Kier alpha value is -5.53. The van der Waals surface area contributed by atoms with Crippen LogP contribution in [0.3, 0.4) is 0 Å². The number of hydrogen-bond acceptors (Lipinski definition) is 4. The lowest BCUT2D eigenvalue weighted by molar-refractivity contribution is 1.00. The van der Waals surface area contributed by atoms with Gasteiger partial charge < -0.3 is 0 Å². The largest absolute Gasteiger partial charge is 0.292 e. The van der Waals surface area contributed by atoms with Crippen molar-refractivity contribution >= 4 is 49.4 Å². The van der Waals surface area contributed by atoms with Crippen molar-refractivity contribution in [3.05, 3.63) is 108 Å². The van der Waals surface area contributed by atoms with E-state index in [4.69, 9.17) is 11.6 Å². The van der Waals surface area contributed by atoms with Gasteiger partial charge in [0.1, 0.15) is 29.0 Å². The zero-order chi connectivity index (χ0) is 24.2. The molecular weight excluding hydrogens is 446 g/mol. The average molecular weight is 461 g/mol. The van der Waals surface area contributed by atoms with Crippen LogP contribution in [0.2, 0.25) is 0 Å². The highest BCUT2D eigenvalue weighted by atomic mass is 15.2. The molecule has 0 saturated carbocycles. The van der Waals surface area contributed by atoms with Crippen molar-refractivity contribution in [2.45, 2.75) is 0 Å². The second kappa shape index (κ2) is 7.49. The van der Waals surface area contributed by atoms with Crippen LogP contribution in [0.5, 0.6) is 0 Å². The minimum absolute atomic E-state index is 0.377. The van der Waals surface area contributed by atoms with Crippen LogP contribution in [0, 0.1) is 17.9 Å². The molecule has 0 amide bonds. The molecule has 5 aromatic heterocycles. The Balaban J connectivity index is 1.53. The van der Waals surface area contributed by atoms with Gasteiger partial charge in [0.15, 0.2) is 0 Å². The number of aromatic nitrogens is 5. The maximum atomic E-state index is 9.38. The summed E-state index contributed by atoms with van der Waals surface area (Å²) in [6, 6.07) is 27.9. The van der Waals surface area contributed by atoms with Crippen LogP contribution in [0.15, 0.2) is 91.3 Å². The highest BCUT2D eigenvalue weighted by Crippen LogP contribution is 2.34. The molecule has 166 valence electrons. The molecule has 7 nitrogen and oxygen atoms in total. The number of rotatable bonds is 2. The van der Waals surface area contributed by atoms with E-state index >= 15 is 0 Å². The normalized spacial score (nSPS) is 11.3. The number of para-hydroxylation sites is 2. The first-order valence-corrected chi connectivity index (χ1v) is 11.3. The lowest BCUT2D eigenvalue weighted by atomic mass is 10.2. The Morgan fingerprint density at radius 2 is 1.39 bits per heavy atom. The first-order valence-electron chi connectivity index (χ1n) is 11.3. The SMILES string of the molecule is [C-]#[N+]c1cnc2c(c1)c1ccccc1n2-c1cccc(-n2c3ccccc3c3cc(C#N)ncc32)n1. The predicted molar refractivity (Wildman–Crippen MR) is 139 cm³/mol. The van der Waals surface area contributed by atoms with Crippen LogP contribution < -0.4 is 0 Å². The molecule has 0 aliphatic carbocycles. The molecule has 0 N–H and O–H groups in total. The number of benzene rings is 2. The monoisotopic (exact) mass is 461 g/mol. The molecule has 7 heteroatoms. The molecule has 36 heavy (non-hydrogen) atoms. The average Bonchev–Trinajstić information content (AvgIpc) is 3.45. The molecule has 0 radical (unpaired) electrons. The maximum Gasteiger partial charge on any atom is 0.205 e. The number of fused-ring (bicyclic) bond motifs is 6. The molecule has 7 aromatic rings. The first kappa shape index (κ1) is 19.9. The molecular formula is C29H15N7. The molecule has 0 bridgehead atoms. The second-order valence-corrected chi connectivity index (χ2v) is 8.43. The highest BCUT2D eigenvalue weighted by Gasteiger charge is 2.17. The van der Waals surface area contributed by atoms with Crippen molar-refractivity contribution in [1.29, 1.82) is 5.26 Å². The topological polar surface area (TPSA) is 76.7 Å². The first-order chi connectivity index (χ1) is 17.8. The molecule has 0 spiro atoms. The quantitative estimate of drug-likeness (QED) is 0.276.